The average molecular weight is 321 g/mol. The molecular formula is C15H19N3O5. The summed E-state index contributed by atoms with van der Waals surface area (Å²) in [6.07, 6.45) is 3.61. The van der Waals surface area contributed by atoms with Crippen LogP contribution in [0.15, 0.2) is 24.3 Å². The lowest BCUT2D eigenvalue weighted by molar-refractivity contribution is -0.383. The van der Waals surface area contributed by atoms with Crippen LogP contribution in [0.5, 0.6) is 0 Å². The molecule has 1 saturated carbocycles. The number of amides is 1. The molecule has 0 radical (unpaired) electrons. The number of nitrogens with zero attached hydrogens (tertiary/aromatic N) is 1. The number of benzene rings is 1. The van der Waals surface area contributed by atoms with Gasteiger partial charge in [-0.15, -0.1) is 0 Å². The van der Waals surface area contributed by atoms with E-state index in [-0.39, 0.29) is 23.8 Å². The highest BCUT2D eigenvalue weighted by Gasteiger charge is 2.26. The van der Waals surface area contributed by atoms with Crippen molar-refractivity contribution in [3.8, 4) is 0 Å². The quantitative estimate of drug-likeness (QED) is 0.521. The highest BCUT2D eigenvalue weighted by Crippen LogP contribution is 2.23. The number of nitrogens with one attached hydrogen (secondary N) is 2. The van der Waals surface area contributed by atoms with Gasteiger partial charge in [-0.2, -0.15) is 0 Å². The van der Waals surface area contributed by atoms with Gasteiger partial charge in [0.1, 0.15) is 11.7 Å². The van der Waals surface area contributed by atoms with E-state index in [1.165, 1.54) is 18.2 Å². The maximum atomic E-state index is 12.0. The van der Waals surface area contributed by atoms with Crippen LogP contribution in [0, 0.1) is 10.1 Å². The molecule has 1 fully saturated rings. The summed E-state index contributed by atoms with van der Waals surface area (Å²) in [6.45, 7) is 0. The number of carbonyl (C=O) groups is 2. The first-order valence-electron chi connectivity index (χ1n) is 7.49. The predicted molar refractivity (Wildman–Crippen MR) is 83.2 cm³/mol. The van der Waals surface area contributed by atoms with Crippen LogP contribution >= 0.6 is 0 Å². The number of hydrogen-bond acceptors (Lipinski definition) is 5. The minimum atomic E-state index is -1.10. The van der Waals surface area contributed by atoms with Crippen LogP contribution in [-0.4, -0.2) is 34.0 Å². The second-order valence-electron chi connectivity index (χ2n) is 5.57. The molecule has 1 atom stereocenters. The van der Waals surface area contributed by atoms with Crippen LogP contribution in [0.4, 0.5) is 11.4 Å². The van der Waals surface area contributed by atoms with Gasteiger partial charge in [0.25, 0.3) is 5.69 Å². The highest BCUT2D eigenvalue weighted by atomic mass is 16.6. The van der Waals surface area contributed by atoms with E-state index < -0.39 is 22.8 Å². The van der Waals surface area contributed by atoms with Gasteiger partial charge in [0.05, 0.1) is 11.3 Å². The van der Waals surface area contributed by atoms with Gasteiger partial charge in [0, 0.05) is 12.1 Å². The van der Waals surface area contributed by atoms with Gasteiger partial charge >= 0.3 is 5.97 Å². The van der Waals surface area contributed by atoms with E-state index >= 15 is 0 Å². The molecule has 0 aromatic heterocycles. The number of anilines is 1. The van der Waals surface area contributed by atoms with Gasteiger partial charge in [-0.1, -0.05) is 25.0 Å². The fourth-order valence-corrected chi connectivity index (χ4v) is 2.72. The first-order chi connectivity index (χ1) is 11.0. The second-order valence-corrected chi connectivity index (χ2v) is 5.57. The Kier molecular flexibility index (Phi) is 5.64. The Morgan fingerprint density at radius 3 is 2.57 bits per heavy atom. The van der Waals surface area contributed by atoms with Gasteiger partial charge < -0.3 is 15.7 Å². The summed E-state index contributed by atoms with van der Waals surface area (Å²) in [6, 6.07) is 4.86. The van der Waals surface area contributed by atoms with Crippen LogP contribution in [0.1, 0.15) is 32.1 Å². The SMILES string of the molecule is O=C(CC(NC1CCCC1)C(=O)O)Nc1ccccc1[N+](=O)[O-]. The lowest BCUT2D eigenvalue weighted by atomic mass is 10.1. The molecule has 1 aliphatic rings. The number of nitro benzene ring substituents is 1. The number of rotatable bonds is 7. The van der Waals surface area contributed by atoms with Gasteiger partial charge in [-0.3, -0.25) is 19.7 Å². The molecular weight excluding hydrogens is 302 g/mol. The first-order valence-corrected chi connectivity index (χ1v) is 7.49. The molecule has 23 heavy (non-hydrogen) atoms. The number of carbonyl (C=O) groups excluding carboxylic acids is 1. The number of para-hydroxylation sites is 2. The van der Waals surface area contributed by atoms with Crippen molar-refractivity contribution < 1.29 is 19.6 Å². The minimum Gasteiger partial charge on any atom is -0.480 e. The van der Waals surface area contributed by atoms with E-state index in [0.717, 1.165) is 25.7 Å². The molecule has 0 spiro atoms. The van der Waals surface area contributed by atoms with E-state index in [1.807, 2.05) is 0 Å². The highest BCUT2D eigenvalue weighted by molar-refractivity contribution is 5.95. The van der Waals surface area contributed by atoms with E-state index in [4.69, 9.17) is 0 Å². The van der Waals surface area contributed by atoms with Crippen molar-refractivity contribution in [3.05, 3.63) is 34.4 Å². The zero-order valence-electron chi connectivity index (χ0n) is 12.5. The van der Waals surface area contributed by atoms with Crippen molar-refractivity contribution in [1.82, 2.24) is 5.32 Å². The summed E-state index contributed by atoms with van der Waals surface area (Å²) in [5.74, 6) is -1.67. The molecule has 1 aliphatic carbocycles. The number of hydrogen-bond donors (Lipinski definition) is 3. The molecule has 2 rings (SSSR count). The third-order valence-electron chi connectivity index (χ3n) is 3.85. The van der Waals surface area contributed by atoms with Gasteiger partial charge in [0.2, 0.25) is 5.91 Å². The molecule has 1 amide bonds. The maximum absolute atomic E-state index is 12.0. The number of carboxylic acid groups (broad SMARTS) is 1. The zero-order chi connectivity index (χ0) is 16.8. The van der Waals surface area contributed by atoms with E-state index in [9.17, 15) is 24.8 Å². The third kappa shape index (κ3) is 4.75. The molecule has 1 unspecified atom stereocenters. The van der Waals surface area contributed by atoms with Crippen LogP contribution in [-0.2, 0) is 9.59 Å². The predicted octanol–water partition coefficient (Wildman–Crippen LogP) is 1.91. The number of aliphatic carboxylic acids is 1. The smallest absolute Gasteiger partial charge is 0.321 e. The van der Waals surface area contributed by atoms with Crippen LogP contribution in [0.2, 0.25) is 0 Å². The van der Waals surface area contributed by atoms with E-state index in [1.54, 1.807) is 6.07 Å². The fraction of sp³-hybridized carbons (Fsp3) is 0.467. The van der Waals surface area contributed by atoms with Crippen LogP contribution < -0.4 is 10.6 Å². The molecule has 0 heterocycles. The summed E-state index contributed by atoms with van der Waals surface area (Å²) in [5, 5.41) is 25.5. The molecule has 124 valence electrons. The Labute approximate surface area is 133 Å². The Morgan fingerprint density at radius 1 is 1.30 bits per heavy atom. The Hall–Kier alpha value is -2.48. The molecule has 0 bridgehead atoms. The van der Waals surface area contributed by atoms with E-state index in [0.29, 0.717) is 0 Å². The molecule has 1 aromatic carbocycles. The average Bonchev–Trinajstić information content (AvgIpc) is 2.99. The minimum absolute atomic E-state index is 0.0625. The maximum Gasteiger partial charge on any atom is 0.321 e. The van der Waals surface area contributed by atoms with Gasteiger partial charge in [-0.05, 0) is 18.9 Å². The van der Waals surface area contributed by atoms with Gasteiger partial charge in [0.15, 0.2) is 0 Å². The summed E-state index contributed by atoms with van der Waals surface area (Å²) < 4.78 is 0. The van der Waals surface area contributed by atoms with Crippen LogP contribution in [0.3, 0.4) is 0 Å². The van der Waals surface area contributed by atoms with Crippen molar-refractivity contribution >= 4 is 23.3 Å². The third-order valence-corrected chi connectivity index (χ3v) is 3.85. The molecule has 0 saturated heterocycles. The largest absolute Gasteiger partial charge is 0.480 e. The standard InChI is InChI=1S/C15H19N3O5/c19-14(17-11-7-3-4-8-13(11)18(22)23)9-12(15(20)21)16-10-5-1-2-6-10/h3-4,7-8,10,12,16H,1-2,5-6,9H2,(H,17,19)(H,20,21). The molecule has 8 heteroatoms. The monoisotopic (exact) mass is 321 g/mol. The summed E-state index contributed by atoms with van der Waals surface area (Å²) in [7, 11) is 0. The molecule has 0 aliphatic heterocycles. The van der Waals surface area contributed by atoms with Crippen molar-refractivity contribution in [2.75, 3.05) is 5.32 Å². The van der Waals surface area contributed by atoms with Crippen LogP contribution in [0.25, 0.3) is 0 Å². The fourth-order valence-electron chi connectivity index (χ4n) is 2.72. The van der Waals surface area contributed by atoms with Crippen molar-refractivity contribution in [1.29, 1.82) is 0 Å². The summed E-state index contributed by atoms with van der Waals surface area (Å²) in [5.41, 5.74) is -0.163. The second kappa shape index (κ2) is 7.68. The topological polar surface area (TPSA) is 122 Å². The van der Waals surface area contributed by atoms with Crippen molar-refractivity contribution in [2.45, 2.75) is 44.2 Å². The number of carboxylic acids is 1. The Balaban J connectivity index is 1.99. The van der Waals surface area contributed by atoms with Crippen molar-refractivity contribution in [2.24, 2.45) is 0 Å². The lowest BCUT2D eigenvalue weighted by Gasteiger charge is -2.19. The Morgan fingerprint density at radius 2 is 1.96 bits per heavy atom. The molecule has 3 N–H and O–H groups in total. The lowest BCUT2D eigenvalue weighted by Crippen LogP contribution is -2.44. The molecule has 8 nitrogen and oxygen atoms in total. The Bertz CT molecular complexity index is 599. The van der Waals surface area contributed by atoms with Gasteiger partial charge in [-0.25, -0.2) is 0 Å². The van der Waals surface area contributed by atoms with Crippen molar-refractivity contribution in [3.63, 3.8) is 0 Å². The normalized spacial score (nSPS) is 16.0. The summed E-state index contributed by atoms with van der Waals surface area (Å²) in [4.78, 5) is 33.7. The number of nitro groups is 1. The first kappa shape index (κ1) is 16.9. The van der Waals surface area contributed by atoms with E-state index in [2.05, 4.69) is 10.6 Å². The summed E-state index contributed by atoms with van der Waals surface area (Å²) >= 11 is 0. The zero-order valence-corrected chi connectivity index (χ0v) is 12.5. The molecule has 1 aromatic rings.